The minimum atomic E-state index is -1.31. The first-order chi connectivity index (χ1) is 17.9. The Morgan fingerprint density at radius 3 is 2.73 bits per heavy atom. The number of aromatic nitrogens is 5. The number of hydrogen-bond acceptors (Lipinski definition) is 9. The van der Waals surface area contributed by atoms with E-state index in [1.54, 1.807) is 0 Å². The third-order valence-corrected chi connectivity index (χ3v) is 8.29. The minimum absolute atomic E-state index is 0.129. The predicted molar refractivity (Wildman–Crippen MR) is 138 cm³/mol. The molecule has 5 rings (SSSR count). The summed E-state index contributed by atoms with van der Waals surface area (Å²) in [7, 11) is 2.00. The average molecular weight is 530 g/mol. The largest absolute Gasteiger partial charge is 0.390 e. The Morgan fingerprint density at radius 1 is 1.22 bits per heavy atom. The van der Waals surface area contributed by atoms with Gasteiger partial charge in [-0.15, -0.1) is 5.10 Å². The van der Waals surface area contributed by atoms with Crippen molar-refractivity contribution in [1.29, 1.82) is 0 Å². The molecular weight excluding hydrogens is 497 g/mol. The quantitative estimate of drug-likeness (QED) is 0.267. The van der Waals surface area contributed by atoms with Crippen LogP contribution >= 0.6 is 11.8 Å². The van der Waals surface area contributed by atoms with Crippen molar-refractivity contribution >= 4 is 34.7 Å². The number of halogens is 1. The number of hydrogen-bond donors (Lipinski definition) is 3. The second-order valence-corrected chi connectivity index (χ2v) is 10.7. The number of carbonyl (C=O) groups excluding carboxylic acids is 1. The molecule has 0 radical (unpaired) electrons. The zero-order valence-corrected chi connectivity index (χ0v) is 21.7. The van der Waals surface area contributed by atoms with Gasteiger partial charge in [0, 0.05) is 31.3 Å². The van der Waals surface area contributed by atoms with Crippen molar-refractivity contribution in [2.24, 2.45) is 5.92 Å². The first kappa shape index (κ1) is 25.8. The maximum Gasteiger partial charge on any atom is 0.226 e. The normalized spacial score (nSPS) is 26.9. The molecule has 0 bridgehead atoms. The molecule has 12 heteroatoms. The lowest BCUT2D eigenvalue weighted by Gasteiger charge is -2.20. The summed E-state index contributed by atoms with van der Waals surface area (Å²) in [4.78, 5) is 24.1. The number of aliphatic hydroxyl groups is 2. The molecule has 1 amide bonds. The molecule has 10 nitrogen and oxygen atoms in total. The van der Waals surface area contributed by atoms with Crippen LogP contribution in [-0.2, 0) is 4.79 Å². The topological polar surface area (TPSA) is 129 Å². The van der Waals surface area contributed by atoms with E-state index in [0.717, 1.165) is 18.6 Å². The fraction of sp³-hybridized carbons (Fsp3) is 0.560. The lowest BCUT2D eigenvalue weighted by atomic mass is 10.0. The molecule has 2 aromatic heterocycles. The molecule has 37 heavy (non-hydrogen) atoms. The standard InChI is InChI=1S/C25H32FN7O3S/c1-3-11-37-25-28-22(32(2)17-12-15(17)14-7-5-4-6-8-14)19-23(29-25)33(31-30-19)18-13-16(20(34)21(18)35)24(36)27-10-9-26/h4-8,15-18,20-21,34-35H,3,9-13H2,1-2H3,(H,27,36). The Labute approximate surface area is 218 Å². The monoisotopic (exact) mass is 529 g/mol. The second kappa shape index (κ2) is 10.9. The molecule has 6 atom stereocenters. The van der Waals surface area contributed by atoms with Gasteiger partial charge in [-0.3, -0.25) is 4.79 Å². The molecule has 0 saturated heterocycles. The number of rotatable bonds is 10. The fourth-order valence-corrected chi connectivity index (χ4v) is 5.85. The van der Waals surface area contributed by atoms with E-state index >= 15 is 0 Å². The van der Waals surface area contributed by atoms with E-state index in [-0.39, 0.29) is 19.0 Å². The van der Waals surface area contributed by atoms with E-state index < -0.39 is 36.7 Å². The fourth-order valence-electron chi connectivity index (χ4n) is 5.16. The summed E-state index contributed by atoms with van der Waals surface area (Å²) in [5, 5.41) is 33.2. The number of likely N-dealkylation sites (N-methyl/N-ethyl adjacent to an activating group) is 1. The number of thioether (sulfide) groups is 1. The van der Waals surface area contributed by atoms with Crippen LogP contribution in [0.1, 0.15) is 43.7 Å². The summed E-state index contributed by atoms with van der Waals surface area (Å²) in [6, 6.07) is 9.93. The van der Waals surface area contributed by atoms with Gasteiger partial charge in [0.25, 0.3) is 0 Å². The Morgan fingerprint density at radius 2 is 2.00 bits per heavy atom. The van der Waals surface area contributed by atoms with Gasteiger partial charge in [0.15, 0.2) is 22.1 Å². The molecule has 0 aliphatic heterocycles. The van der Waals surface area contributed by atoms with E-state index in [1.165, 1.54) is 22.0 Å². The van der Waals surface area contributed by atoms with Gasteiger partial charge >= 0.3 is 0 Å². The van der Waals surface area contributed by atoms with Crippen LogP contribution in [0.15, 0.2) is 35.5 Å². The highest BCUT2D eigenvalue weighted by Gasteiger charge is 2.47. The molecule has 3 N–H and O–H groups in total. The van der Waals surface area contributed by atoms with Crippen LogP contribution in [0.25, 0.3) is 11.2 Å². The number of anilines is 1. The Balaban J connectivity index is 1.47. The average Bonchev–Trinajstić information content (AvgIpc) is 3.53. The third kappa shape index (κ3) is 5.01. The van der Waals surface area contributed by atoms with Gasteiger partial charge in [-0.1, -0.05) is 54.2 Å². The molecule has 2 saturated carbocycles. The molecule has 0 spiro atoms. The first-order valence-electron chi connectivity index (χ1n) is 12.7. The lowest BCUT2D eigenvalue weighted by Crippen LogP contribution is -2.38. The predicted octanol–water partition coefficient (Wildman–Crippen LogP) is 2.08. The van der Waals surface area contributed by atoms with Crippen molar-refractivity contribution in [3.63, 3.8) is 0 Å². The van der Waals surface area contributed by atoms with Crippen LogP contribution in [0, 0.1) is 5.92 Å². The van der Waals surface area contributed by atoms with Gasteiger partial charge < -0.3 is 20.4 Å². The van der Waals surface area contributed by atoms with Crippen LogP contribution in [0.5, 0.6) is 0 Å². The highest BCUT2D eigenvalue weighted by molar-refractivity contribution is 7.99. The summed E-state index contributed by atoms with van der Waals surface area (Å²) in [6.07, 6.45) is -0.471. The number of nitrogens with zero attached hydrogens (tertiary/aromatic N) is 6. The molecule has 2 fully saturated rings. The second-order valence-electron chi connectivity index (χ2n) is 9.69. The lowest BCUT2D eigenvalue weighted by molar-refractivity contribution is -0.128. The Kier molecular flexibility index (Phi) is 7.59. The molecule has 2 heterocycles. The number of fused-ring (bicyclic) bond motifs is 1. The van der Waals surface area contributed by atoms with E-state index in [9.17, 15) is 19.4 Å². The van der Waals surface area contributed by atoms with Crippen LogP contribution in [0.4, 0.5) is 10.2 Å². The van der Waals surface area contributed by atoms with E-state index in [0.29, 0.717) is 28.1 Å². The number of aliphatic hydroxyl groups excluding tert-OH is 2. The van der Waals surface area contributed by atoms with Crippen LogP contribution < -0.4 is 10.2 Å². The van der Waals surface area contributed by atoms with Crippen molar-refractivity contribution < 1.29 is 19.4 Å². The van der Waals surface area contributed by atoms with E-state index in [4.69, 9.17) is 9.97 Å². The number of nitrogens with one attached hydrogen (secondary N) is 1. The minimum Gasteiger partial charge on any atom is -0.390 e. The number of amides is 1. The van der Waals surface area contributed by atoms with Crippen molar-refractivity contribution in [1.82, 2.24) is 30.3 Å². The molecule has 2 aliphatic rings. The zero-order valence-electron chi connectivity index (χ0n) is 20.9. The molecule has 6 unspecified atom stereocenters. The first-order valence-corrected chi connectivity index (χ1v) is 13.7. The maximum absolute atomic E-state index is 12.5. The van der Waals surface area contributed by atoms with Gasteiger partial charge in [-0.2, -0.15) is 0 Å². The highest BCUT2D eigenvalue weighted by Crippen LogP contribution is 2.46. The van der Waals surface area contributed by atoms with Gasteiger partial charge in [0.2, 0.25) is 5.91 Å². The van der Waals surface area contributed by atoms with Crippen LogP contribution in [0.3, 0.4) is 0 Å². The van der Waals surface area contributed by atoms with Crippen molar-refractivity contribution in [3.05, 3.63) is 35.9 Å². The number of benzene rings is 1. The zero-order chi connectivity index (χ0) is 26.1. The van der Waals surface area contributed by atoms with Gasteiger partial charge in [-0.25, -0.2) is 19.0 Å². The summed E-state index contributed by atoms with van der Waals surface area (Å²) in [5.41, 5.74) is 2.25. The number of carbonyl (C=O) groups is 1. The molecule has 3 aromatic rings. The third-order valence-electron chi connectivity index (χ3n) is 7.23. The summed E-state index contributed by atoms with van der Waals surface area (Å²) in [5.74, 6) is 0.526. The smallest absolute Gasteiger partial charge is 0.226 e. The van der Waals surface area contributed by atoms with Gasteiger partial charge in [0.05, 0.1) is 18.1 Å². The van der Waals surface area contributed by atoms with E-state index in [2.05, 4.69) is 39.6 Å². The SMILES string of the molecule is CCCSc1nc(N(C)C2CC2c2ccccc2)c2nnn(C3CC(C(=O)NCCF)C(O)C3O)c2n1. The van der Waals surface area contributed by atoms with Crippen LogP contribution in [-0.4, -0.2) is 85.4 Å². The Hall–Kier alpha value is -2.83. The highest BCUT2D eigenvalue weighted by atomic mass is 32.2. The summed E-state index contributed by atoms with van der Waals surface area (Å²) >= 11 is 1.54. The van der Waals surface area contributed by atoms with Crippen molar-refractivity contribution in [2.75, 3.05) is 30.9 Å². The Bertz CT molecular complexity index is 1250. The van der Waals surface area contributed by atoms with Crippen molar-refractivity contribution in [2.45, 2.75) is 61.6 Å². The maximum atomic E-state index is 12.5. The molecule has 2 aliphatic carbocycles. The van der Waals surface area contributed by atoms with Crippen molar-refractivity contribution in [3.8, 4) is 0 Å². The van der Waals surface area contributed by atoms with E-state index in [1.807, 2.05) is 25.2 Å². The summed E-state index contributed by atoms with van der Waals surface area (Å²) < 4.78 is 14.0. The molecule has 198 valence electrons. The van der Waals surface area contributed by atoms with Gasteiger partial charge in [-0.05, 0) is 24.8 Å². The van der Waals surface area contributed by atoms with Crippen LogP contribution in [0.2, 0.25) is 0 Å². The van der Waals surface area contributed by atoms with Gasteiger partial charge in [0.1, 0.15) is 12.8 Å². The summed E-state index contributed by atoms with van der Waals surface area (Å²) in [6.45, 7) is 1.25. The molecular formula is C25H32FN7O3S. The number of alkyl halides is 1. The molecule has 1 aromatic carbocycles.